The Morgan fingerprint density at radius 3 is 2.39 bits per heavy atom. The van der Waals surface area contributed by atoms with E-state index in [-0.39, 0.29) is 49.2 Å². The largest absolute Gasteiger partial charge is 0.371 e. The van der Waals surface area contributed by atoms with Gasteiger partial charge in [0.25, 0.3) is 5.91 Å². The molecule has 1 saturated carbocycles. The number of primary amides is 1. The number of anilines is 1. The molecule has 2 amide bonds. The van der Waals surface area contributed by atoms with Gasteiger partial charge in [-0.15, -0.1) is 24.8 Å². The molecule has 0 radical (unpaired) electrons. The minimum absolute atomic E-state index is 0. The van der Waals surface area contributed by atoms with Crippen molar-refractivity contribution in [2.45, 2.75) is 31.7 Å². The van der Waals surface area contributed by atoms with Crippen molar-refractivity contribution >= 4 is 42.3 Å². The lowest BCUT2D eigenvalue weighted by molar-refractivity contribution is -0.118. The molecule has 0 aromatic heterocycles. The van der Waals surface area contributed by atoms with Gasteiger partial charge in [-0.25, -0.2) is 0 Å². The van der Waals surface area contributed by atoms with Crippen LogP contribution < -0.4 is 16.0 Å². The van der Waals surface area contributed by atoms with E-state index in [0.29, 0.717) is 18.4 Å². The zero-order chi connectivity index (χ0) is 18.1. The van der Waals surface area contributed by atoms with Crippen LogP contribution in [0.2, 0.25) is 0 Å². The summed E-state index contributed by atoms with van der Waals surface area (Å²) in [6.45, 7) is 3.88. The van der Waals surface area contributed by atoms with Crippen LogP contribution in [0, 0.1) is 11.8 Å². The summed E-state index contributed by atoms with van der Waals surface area (Å²) in [5.74, 6) is 0.805. The van der Waals surface area contributed by atoms with Crippen LogP contribution in [0.15, 0.2) is 24.3 Å². The third kappa shape index (κ3) is 5.10. The number of amides is 2. The second-order valence-corrected chi connectivity index (χ2v) is 7.95. The summed E-state index contributed by atoms with van der Waals surface area (Å²) in [6, 6.07) is 8.00. The number of carbonyl (C=O) groups excluding carboxylic acids is 2. The summed E-state index contributed by atoms with van der Waals surface area (Å²) in [4.78, 5) is 28.7. The number of likely N-dealkylation sites (tertiary alicyclic amines) is 1. The van der Waals surface area contributed by atoms with E-state index in [9.17, 15) is 9.59 Å². The van der Waals surface area contributed by atoms with E-state index in [1.807, 2.05) is 24.3 Å². The van der Waals surface area contributed by atoms with Crippen molar-refractivity contribution in [2.75, 3.05) is 37.6 Å². The molecule has 3 aliphatic rings. The molecule has 2 heterocycles. The highest BCUT2D eigenvalue weighted by atomic mass is 35.5. The van der Waals surface area contributed by atoms with Crippen molar-refractivity contribution in [1.82, 2.24) is 10.2 Å². The molecular weight excluding hydrogens is 399 g/mol. The molecule has 1 aromatic carbocycles. The lowest BCUT2D eigenvalue weighted by Crippen LogP contribution is -2.42. The molecule has 2 aliphatic heterocycles. The highest BCUT2D eigenvalue weighted by Crippen LogP contribution is 2.41. The van der Waals surface area contributed by atoms with Crippen molar-refractivity contribution < 1.29 is 9.59 Å². The summed E-state index contributed by atoms with van der Waals surface area (Å²) >= 11 is 0. The summed E-state index contributed by atoms with van der Waals surface area (Å²) in [7, 11) is 0. The number of benzene rings is 1. The van der Waals surface area contributed by atoms with Crippen molar-refractivity contribution in [2.24, 2.45) is 17.6 Å². The van der Waals surface area contributed by atoms with E-state index in [1.54, 1.807) is 0 Å². The first-order valence-electron chi connectivity index (χ1n) is 9.77. The molecule has 28 heavy (non-hydrogen) atoms. The summed E-state index contributed by atoms with van der Waals surface area (Å²) < 4.78 is 0. The molecule has 0 unspecified atom stereocenters. The number of halogens is 2. The van der Waals surface area contributed by atoms with Crippen molar-refractivity contribution in [3.63, 3.8) is 0 Å². The number of nitrogens with one attached hydrogen (secondary N) is 1. The quantitative estimate of drug-likeness (QED) is 0.726. The molecule has 2 atom stereocenters. The zero-order valence-corrected chi connectivity index (χ0v) is 17.6. The van der Waals surface area contributed by atoms with Gasteiger partial charge in [0.15, 0.2) is 0 Å². The number of hydrogen-bond acceptors (Lipinski definition) is 4. The lowest BCUT2D eigenvalue weighted by Gasteiger charge is -2.23. The number of nitrogens with two attached hydrogens (primary N) is 1. The molecule has 4 rings (SSSR count). The highest BCUT2D eigenvalue weighted by molar-refractivity contribution is 6.00. The highest BCUT2D eigenvalue weighted by Gasteiger charge is 2.43. The summed E-state index contributed by atoms with van der Waals surface area (Å²) in [5, 5.41) is 3.27. The van der Waals surface area contributed by atoms with Gasteiger partial charge in [-0.05, 0) is 49.7 Å². The Hall–Kier alpha value is -1.50. The first-order chi connectivity index (χ1) is 12.6. The second kappa shape index (κ2) is 9.81. The van der Waals surface area contributed by atoms with Gasteiger partial charge in [0.05, 0.1) is 12.1 Å². The van der Waals surface area contributed by atoms with E-state index < -0.39 is 0 Å². The summed E-state index contributed by atoms with van der Waals surface area (Å²) in [5.41, 5.74) is 7.16. The first-order valence-corrected chi connectivity index (χ1v) is 9.77. The van der Waals surface area contributed by atoms with Gasteiger partial charge >= 0.3 is 0 Å². The fraction of sp³-hybridized carbons (Fsp3) is 0.600. The smallest absolute Gasteiger partial charge is 0.253 e. The van der Waals surface area contributed by atoms with Crippen LogP contribution in [0.3, 0.4) is 0 Å². The Labute approximate surface area is 179 Å². The monoisotopic (exact) mass is 428 g/mol. The van der Waals surface area contributed by atoms with E-state index >= 15 is 0 Å². The molecule has 3 fully saturated rings. The molecule has 0 spiro atoms. The molecular formula is C20H30Cl2N4O2. The Bertz CT molecular complexity index is 693. The van der Waals surface area contributed by atoms with Crippen LogP contribution in [-0.2, 0) is 4.79 Å². The minimum Gasteiger partial charge on any atom is -0.371 e. The number of carbonyl (C=O) groups is 2. The van der Waals surface area contributed by atoms with E-state index in [2.05, 4.69) is 15.1 Å². The Morgan fingerprint density at radius 1 is 1.07 bits per heavy atom. The third-order valence-corrected chi connectivity index (χ3v) is 5.96. The van der Waals surface area contributed by atoms with Gasteiger partial charge in [-0.3, -0.25) is 14.5 Å². The Kier molecular flexibility index (Phi) is 7.98. The van der Waals surface area contributed by atoms with Crippen LogP contribution in [-0.4, -0.2) is 55.5 Å². The maximum Gasteiger partial charge on any atom is 0.253 e. The van der Waals surface area contributed by atoms with Crippen LogP contribution >= 0.6 is 24.8 Å². The molecule has 6 nitrogen and oxygen atoms in total. The van der Waals surface area contributed by atoms with Gasteiger partial charge in [0, 0.05) is 37.9 Å². The Morgan fingerprint density at radius 2 is 1.75 bits per heavy atom. The predicted molar refractivity (Wildman–Crippen MR) is 115 cm³/mol. The van der Waals surface area contributed by atoms with Gasteiger partial charge < -0.3 is 16.0 Å². The van der Waals surface area contributed by atoms with E-state index in [1.165, 1.54) is 25.7 Å². The van der Waals surface area contributed by atoms with Crippen LogP contribution in [0.4, 0.5) is 5.69 Å². The zero-order valence-electron chi connectivity index (χ0n) is 16.0. The second-order valence-electron chi connectivity index (χ2n) is 7.95. The topological polar surface area (TPSA) is 78.7 Å². The number of nitrogens with zero attached hydrogens (tertiary/aromatic N) is 2. The molecule has 0 bridgehead atoms. The molecule has 1 aliphatic carbocycles. The molecule has 2 saturated heterocycles. The predicted octanol–water partition coefficient (Wildman–Crippen LogP) is 2.06. The van der Waals surface area contributed by atoms with Gasteiger partial charge in [-0.1, -0.05) is 12.1 Å². The molecule has 8 heteroatoms. The molecule has 3 N–H and O–H groups in total. The average Bonchev–Trinajstić information content (AvgIpc) is 3.16. The SMILES string of the molecule is Cl.Cl.NC(=O)CN1C[C@H](NC(=O)c2ccccc2N2CCCC2)[C@@H](C2CC2)C1. The normalized spacial score (nSPS) is 24.4. The Balaban J connectivity index is 0.00000140. The fourth-order valence-corrected chi connectivity index (χ4v) is 4.56. The van der Waals surface area contributed by atoms with Crippen molar-refractivity contribution in [3.05, 3.63) is 29.8 Å². The van der Waals surface area contributed by atoms with Crippen LogP contribution in [0.5, 0.6) is 0 Å². The van der Waals surface area contributed by atoms with Crippen molar-refractivity contribution in [1.29, 1.82) is 0 Å². The number of para-hydroxylation sites is 1. The molecule has 156 valence electrons. The third-order valence-electron chi connectivity index (χ3n) is 5.96. The van der Waals surface area contributed by atoms with Gasteiger partial charge in [0.2, 0.25) is 5.91 Å². The fourth-order valence-electron chi connectivity index (χ4n) is 4.56. The van der Waals surface area contributed by atoms with Gasteiger partial charge in [0.1, 0.15) is 0 Å². The van der Waals surface area contributed by atoms with Gasteiger partial charge in [-0.2, -0.15) is 0 Å². The number of hydrogen-bond donors (Lipinski definition) is 2. The summed E-state index contributed by atoms with van der Waals surface area (Å²) in [6.07, 6.45) is 4.83. The maximum atomic E-state index is 13.0. The van der Waals surface area contributed by atoms with E-state index in [4.69, 9.17) is 5.73 Å². The van der Waals surface area contributed by atoms with Crippen LogP contribution in [0.25, 0.3) is 0 Å². The maximum absolute atomic E-state index is 13.0. The number of rotatable bonds is 6. The molecule has 1 aromatic rings. The average molecular weight is 429 g/mol. The lowest BCUT2D eigenvalue weighted by atomic mass is 9.97. The van der Waals surface area contributed by atoms with E-state index in [0.717, 1.165) is 30.9 Å². The first kappa shape index (κ1) is 22.8. The van der Waals surface area contributed by atoms with Crippen LogP contribution in [0.1, 0.15) is 36.0 Å². The minimum atomic E-state index is -0.300. The standard InChI is InChI=1S/C20H28N4O2.2ClH/c21-19(25)13-23-11-16(14-7-8-14)17(12-23)22-20(26)15-5-1-2-6-18(15)24-9-3-4-10-24;;/h1-2,5-6,14,16-17H,3-4,7-13H2,(H2,21,25)(H,22,26);2*1H/t16-,17+;;/m1../s1. The van der Waals surface area contributed by atoms with Crippen molar-refractivity contribution in [3.8, 4) is 0 Å².